The Kier molecular flexibility index (Phi) is 3.47. The smallest absolute Gasteiger partial charge is 0.101 e. The van der Waals surface area contributed by atoms with Crippen LogP contribution in [0.25, 0.3) is 0 Å². The van der Waals surface area contributed by atoms with Crippen LogP contribution >= 0.6 is 15.9 Å². The molecule has 2 rings (SSSR count). The summed E-state index contributed by atoms with van der Waals surface area (Å²) in [5, 5.41) is 9.17. The first kappa shape index (κ1) is 11.4. The average Bonchev–Trinajstić information content (AvgIpc) is 2.29. The standard InChI is InChI=1S/C12H13BrN2O/c1-9-6-11(13)7-10(8-14)12(9)15-2-4-16-5-3-15/h6-7H,2-5H2,1H3. The van der Waals surface area contributed by atoms with Crippen molar-refractivity contribution in [3.05, 3.63) is 27.7 Å². The number of rotatable bonds is 1. The minimum Gasteiger partial charge on any atom is -0.378 e. The Bertz CT molecular complexity index is 433. The van der Waals surface area contributed by atoms with Crippen molar-refractivity contribution in [2.75, 3.05) is 31.2 Å². The average molecular weight is 281 g/mol. The molecule has 0 spiro atoms. The molecular formula is C12H13BrN2O. The van der Waals surface area contributed by atoms with Crippen molar-refractivity contribution >= 4 is 21.6 Å². The molecule has 1 aliphatic rings. The number of aryl methyl sites for hydroxylation is 1. The number of halogens is 1. The van der Waals surface area contributed by atoms with Crippen LogP contribution in [0.2, 0.25) is 0 Å². The summed E-state index contributed by atoms with van der Waals surface area (Å²) in [5.41, 5.74) is 2.91. The lowest BCUT2D eigenvalue weighted by atomic mass is 10.1. The van der Waals surface area contributed by atoms with Crippen LogP contribution < -0.4 is 4.90 Å². The molecule has 0 saturated carbocycles. The van der Waals surface area contributed by atoms with Crippen LogP contribution in [0.3, 0.4) is 0 Å². The fraction of sp³-hybridized carbons (Fsp3) is 0.417. The molecule has 0 radical (unpaired) electrons. The summed E-state index contributed by atoms with van der Waals surface area (Å²) in [4.78, 5) is 2.23. The number of ether oxygens (including phenoxy) is 1. The number of nitrogens with zero attached hydrogens (tertiary/aromatic N) is 2. The van der Waals surface area contributed by atoms with Crippen LogP contribution in [-0.4, -0.2) is 26.3 Å². The maximum Gasteiger partial charge on any atom is 0.101 e. The number of morpholine rings is 1. The van der Waals surface area contributed by atoms with Crippen molar-refractivity contribution < 1.29 is 4.74 Å². The lowest BCUT2D eigenvalue weighted by Gasteiger charge is -2.30. The van der Waals surface area contributed by atoms with Gasteiger partial charge in [0, 0.05) is 17.6 Å². The Balaban J connectivity index is 2.42. The van der Waals surface area contributed by atoms with Gasteiger partial charge in [-0.2, -0.15) is 5.26 Å². The molecule has 0 aliphatic carbocycles. The summed E-state index contributed by atoms with van der Waals surface area (Å²) in [5.74, 6) is 0. The summed E-state index contributed by atoms with van der Waals surface area (Å²) in [6.45, 7) is 5.23. The van der Waals surface area contributed by atoms with Crippen LogP contribution in [-0.2, 0) is 4.74 Å². The van der Waals surface area contributed by atoms with Gasteiger partial charge in [-0.05, 0) is 24.6 Å². The zero-order valence-corrected chi connectivity index (χ0v) is 10.7. The summed E-state index contributed by atoms with van der Waals surface area (Å²) < 4.78 is 6.28. The van der Waals surface area contributed by atoms with Crippen LogP contribution in [0, 0.1) is 18.3 Å². The van der Waals surface area contributed by atoms with Crippen molar-refractivity contribution in [2.45, 2.75) is 6.92 Å². The van der Waals surface area contributed by atoms with Gasteiger partial charge in [0.25, 0.3) is 0 Å². The first-order chi connectivity index (χ1) is 7.72. The van der Waals surface area contributed by atoms with Gasteiger partial charge >= 0.3 is 0 Å². The molecule has 16 heavy (non-hydrogen) atoms. The molecule has 0 bridgehead atoms. The van der Waals surface area contributed by atoms with E-state index in [4.69, 9.17) is 10.00 Å². The highest BCUT2D eigenvalue weighted by Gasteiger charge is 2.17. The van der Waals surface area contributed by atoms with E-state index in [-0.39, 0.29) is 0 Å². The van der Waals surface area contributed by atoms with Crippen LogP contribution in [0.1, 0.15) is 11.1 Å². The molecule has 3 nitrogen and oxygen atoms in total. The molecule has 4 heteroatoms. The topological polar surface area (TPSA) is 36.3 Å². The molecule has 1 fully saturated rings. The number of benzene rings is 1. The fourth-order valence-corrected chi connectivity index (χ4v) is 2.60. The Labute approximate surface area is 104 Å². The maximum absolute atomic E-state index is 9.17. The minimum absolute atomic E-state index is 0.730. The summed E-state index contributed by atoms with van der Waals surface area (Å²) in [6, 6.07) is 6.18. The first-order valence-corrected chi connectivity index (χ1v) is 6.04. The van der Waals surface area contributed by atoms with Gasteiger partial charge in [-0.3, -0.25) is 0 Å². The predicted molar refractivity (Wildman–Crippen MR) is 66.6 cm³/mol. The number of hydrogen-bond acceptors (Lipinski definition) is 3. The fourth-order valence-electron chi connectivity index (χ4n) is 2.03. The maximum atomic E-state index is 9.17. The predicted octanol–water partition coefficient (Wildman–Crippen LogP) is 2.47. The largest absolute Gasteiger partial charge is 0.378 e. The van der Waals surface area contributed by atoms with Gasteiger partial charge in [-0.15, -0.1) is 0 Å². The lowest BCUT2D eigenvalue weighted by Crippen LogP contribution is -2.37. The van der Waals surface area contributed by atoms with Crippen molar-refractivity contribution in [3.8, 4) is 6.07 Å². The highest BCUT2D eigenvalue weighted by atomic mass is 79.9. The third-order valence-electron chi connectivity index (χ3n) is 2.71. The zero-order valence-electron chi connectivity index (χ0n) is 9.16. The van der Waals surface area contributed by atoms with E-state index in [0.29, 0.717) is 0 Å². The van der Waals surface area contributed by atoms with Gasteiger partial charge in [-0.25, -0.2) is 0 Å². The van der Waals surface area contributed by atoms with Gasteiger partial charge in [0.1, 0.15) is 6.07 Å². The highest BCUT2D eigenvalue weighted by Crippen LogP contribution is 2.29. The molecule has 0 N–H and O–H groups in total. The van der Waals surface area contributed by atoms with Crippen LogP contribution in [0.4, 0.5) is 5.69 Å². The molecule has 0 unspecified atom stereocenters. The van der Waals surface area contributed by atoms with E-state index in [9.17, 15) is 0 Å². The SMILES string of the molecule is Cc1cc(Br)cc(C#N)c1N1CCOCC1. The van der Waals surface area contributed by atoms with E-state index < -0.39 is 0 Å². The second kappa shape index (κ2) is 4.86. The zero-order chi connectivity index (χ0) is 11.5. The van der Waals surface area contributed by atoms with Gasteiger partial charge in [0.15, 0.2) is 0 Å². The number of hydrogen-bond donors (Lipinski definition) is 0. The second-order valence-electron chi connectivity index (χ2n) is 3.83. The molecule has 1 aliphatic heterocycles. The van der Waals surface area contributed by atoms with E-state index in [2.05, 4.69) is 26.9 Å². The molecule has 1 heterocycles. The molecule has 1 aromatic rings. The molecule has 1 aromatic carbocycles. The van der Waals surface area contributed by atoms with E-state index in [1.165, 1.54) is 0 Å². The Morgan fingerprint density at radius 1 is 1.38 bits per heavy atom. The van der Waals surface area contributed by atoms with E-state index in [1.807, 2.05) is 19.1 Å². The first-order valence-electron chi connectivity index (χ1n) is 5.25. The molecular weight excluding hydrogens is 268 g/mol. The molecule has 1 saturated heterocycles. The van der Waals surface area contributed by atoms with E-state index in [0.717, 1.165) is 47.6 Å². The van der Waals surface area contributed by atoms with Gasteiger partial charge in [-0.1, -0.05) is 15.9 Å². The highest BCUT2D eigenvalue weighted by molar-refractivity contribution is 9.10. The van der Waals surface area contributed by atoms with Crippen molar-refractivity contribution in [1.29, 1.82) is 5.26 Å². The van der Waals surface area contributed by atoms with Gasteiger partial charge < -0.3 is 9.64 Å². The Morgan fingerprint density at radius 2 is 2.06 bits per heavy atom. The molecule has 0 atom stereocenters. The summed E-state index contributed by atoms with van der Waals surface area (Å²) >= 11 is 3.42. The van der Waals surface area contributed by atoms with Crippen molar-refractivity contribution in [1.82, 2.24) is 0 Å². The minimum atomic E-state index is 0.730. The lowest BCUT2D eigenvalue weighted by molar-refractivity contribution is 0.122. The summed E-state index contributed by atoms with van der Waals surface area (Å²) in [6.07, 6.45) is 0. The quantitative estimate of drug-likeness (QED) is 0.793. The van der Waals surface area contributed by atoms with E-state index >= 15 is 0 Å². The number of anilines is 1. The van der Waals surface area contributed by atoms with Crippen LogP contribution in [0.15, 0.2) is 16.6 Å². The number of nitriles is 1. The molecule has 0 amide bonds. The van der Waals surface area contributed by atoms with Crippen molar-refractivity contribution in [2.24, 2.45) is 0 Å². The van der Waals surface area contributed by atoms with Crippen molar-refractivity contribution in [3.63, 3.8) is 0 Å². The molecule has 0 aromatic heterocycles. The van der Waals surface area contributed by atoms with E-state index in [1.54, 1.807) is 0 Å². The monoisotopic (exact) mass is 280 g/mol. The van der Waals surface area contributed by atoms with Crippen LogP contribution in [0.5, 0.6) is 0 Å². The van der Waals surface area contributed by atoms with Gasteiger partial charge in [0.2, 0.25) is 0 Å². The summed E-state index contributed by atoms with van der Waals surface area (Å²) in [7, 11) is 0. The third kappa shape index (κ3) is 2.21. The second-order valence-corrected chi connectivity index (χ2v) is 4.75. The normalized spacial score (nSPS) is 15.9. The Morgan fingerprint density at radius 3 is 2.69 bits per heavy atom. The third-order valence-corrected chi connectivity index (χ3v) is 3.17. The van der Waals surface area contributed by atoms with Gasteiger partial charge in [0.05, 0.1) is 24.5 Å². The Hall–Kier alpha value is -1.05. The molecule has 84 valence electrons.